The van der Waals surface area contributed by atoms with Crippen molar-refractivity contribution in [1.82, 2.24) is 16.0 Å². The number of piperidine rings is 2. The lowest BCUT2D eigenvalue weighted by molar-refractivity contribution is -0.204. The Labute approximate surface area is 240 Å². The Morgan fingerprint density at radius 2 is 1.10 bits per heavy atom. The van der Waals surface area contributed by atoms with E-state index in [0.717, 1.165) is 0 Å². The standard InChI is InChI=1S/C30H53N3O7/c1-26(2)15-20(16-31-26)40-25(37)22(24(36)39-19-13-29(7,8)33-30(9,10)14-19)21(17-34)23(35)38-18-11-27(3,4)32-28(5,6)12-18/h17-23,31-33,35H,11-16H2,1-10H3. The van der Waals surface area contributed by atoms with Crippen molar-refractivity contribution in [3.05, 3.63) is 0 Å². The second-order valence-electron chi connectivity index (χ2n) is 15.5. The zero-order chi connectivity index (χ0) is 30.3. The molecule has 40 heavy (non-hydrogen) atoms. The van der Waals surface area contributed by atoms with Gasteiger partial charge in [0.25, 0.3) is 0 Å². The van der Waals surface area contributed by atoms with E-state index < -0.39 is 42.3 Å². The van der Waals surface area contributed by atoms with Crippen LogP contribution in [0.5, 0.6) is 0 Å². The molecule has 3 heterocycles. The molecule has 4 N–H and O–H groups in total. The van der Waals surface area contributed by atoms with E-state index in [1.165, 1.54) is 0 Å². The molecule has 4 unspecified atom stereocenters. The summed E-state index contributed by atoms with van der Waals surface area (Å²) in [5.74, 6) is -4.89. The topological polar surface area (TPSA) is 135 Å². The largest absolute Gasteiger partial charge is 0.462 e. The smallest absolute Gasteiger partial charge is 0.321 e. The second kappa shape index (κ2) is 11.6. The maximum atomic E-state index is 13.7. The van der Waals surface area contributed by atoms with E-state index in [0.29, 0.717) is 44.9 Å². The zero-order valence-corrected chi connectivity index (χ0v) is 26.2. The molecule has 0 bridgehead atoms. The number of carbonyl (C=O) groups is 3. The highest BCUT2D eigenvalue weighted by molar-refractivity contribution is 5.97. The van der Waals surface area contributed by atoms with Crippen molar-refractivity contribution in [3.63, 3.8) is 0 Å². The summed E-state index contributed by atoms with van der Waals surface area (Å²) >= 11 is 0. The third-order valence-electron chi connectivity index (χ3n) is 8.13. The van der Waals surface area contributed by atoms with Gasteiger partial charge in [0.05, 0.1) is 12.0 Å². The molecule has 0 spiro atoms. The molecule has 0 aliphatic carbocycles. The SMILES string of the molecule is CC1(C)CC(OC(=O)C(C(=O)OC2CC(C)(C)NC(C)(C)C2)C(C=O)C(O)OC2CC(C)(C)NC(C)(C)C2)CN1. The van der Waals surface area contributed by atoms with E-state index in [-0.39, 0.29) is 33.8 Å². The van der Waals surface area contributed by atoms with E-state index in [1.54, 1.807) is 0 Å². The minimum Gasteiger partial charge on any atom is -0.462 e. The fourth-order valence-electron chi connectivity index (χ4n) is 7.31. The van der Waals surface area contributed by atoms with Gasteiger partial charge in [0.15, 0.2) is 12.2 Å². The highest BCUT2D eigenvalue weighted by Crippen LogP contribution is 2.34. The summed E-state index contributed by atoms with van der Waals surface area (Å²) in [5.41, 5.74) is -1.36. The van der Waals surface area contributed by atoms with Crippen LogP contribution in [0, 0.1) is 11.8 Å². The molecule has 0 saturated carbocycles. The van der Waals surface area contributed by atoms with Gasteiger partial charge in [-0.1, -0.05) is 0 Å². The van der Waals surface area contributed by atoms with Crippen LogP contribution in [0.15, 0.2) is 0 Å². The maximum Gasteiger partial charge on any atom is 0.321 e. The molecule has 10 nitrogen and oxygen atoms in total. The van der Waals surface area contributed by atoms with Crippen molar-refractivity contribution in [2.75, 3.05) is 6.54 Å². The molecule has 10 heteroatoms. The number of hydrogen-bond acceptors (Lipinski definition) is 10. The van der Waals surface area contributed by atoms with Crippen molar-refractivity contribution >= 4 is 18.2 Å². The number of rotatable bonds is 9. The number of carbonyl (C=O) groups excluding carboxylic acids is 3. The lowest BCUT2D eigenvalue weighted by Gasteiger charge is -2.47. The maximum absolute atomic E-state index is 13.7. The summed E-state index contributed by atoms with van der Waals surface area (Å²) in [7, 11) is 0. The first kappa shape index (κ1) is 32.9. The molecule has 3 fully saturated rings. The molecule has 3 saturated heterocycles. The molecule has 3 aliphatic rings. The first-order chi connectivity index (χ1) is 18.1. The molecule has 4 atom stereocenters. The van der Waals surface area contributed by atoms with Crippen molar-refractivity contribution in [3.8, 4) is 0 Å². The van der Waals surface area contributed by atoms with Crippen LogP contribution in [-0.2, 0) is 28.6 Å². The fourth-order valence-corrected chi connectivity index (χ4v) is 7.31. The Morgan fingerprint density at radius 1 is 0.700 bits per heavy atom. The molecule has 0 aromatic heterocycles. The van der Waals surface area contributed by atoms with Gasteiger partial charge in [-0.05, 0) is 82.1 Å². The van der Waals surface area contributed by atoms with E-state index in [9.17, 15) is 19.5 Å². The van der Waals surface area contributed by atoms with Gasteiger partial charge in [-0.25, -0.2) is 0 Å². The summed E-state index contributed by atoms with van der Waals surface area (Å²) < 4.78 is 17.7. The lowest BCUT2D eigenvalue weighted by Crippen LogP contribution is -2.60. The first-order valence-electron chi connectivity index (χ1n) is 14.7. The fraction of sp³-hybridized carbons (Fsp3) is 0.900. The highest BCUT2D eigenvalue weighted by atomic mass is 16.6. The number of aliphatic hydroxyl groups is 1. The van der Waals surface area contributed by atoms with Crippen LogP contribution in [0.1, 0.15) is 101 Å². The Hall–Kier alpha value is -1.59. The van der Waals surface area contributed by atoms with Gasteiger partial charge in [0.2, 0.25) is 0 Å². The third kappa shape index (κ3) is 8.95. The third-order valence-corrected chi connectivity index (χ3v) is 8.13. The molecule has 0 radical (unpaired) electrons. The highest BCUT2D eigenvalue weighted by Gasteiger charge is 2.48. The van der Waals surface area contributed by atoms with E-state index in [1.807, 2.05) is 69.2 Å². The van der Waals surface area contributed by atoms with Crippen LogP contribution in [0.25, 0.3) is 0 Å². The van der Waals surface area contributed by atoms with Crippen molar-refractivity contribution in [1.29, 1.82) is 0 Å². The van der Waals surface area contributed by atoms with Crippen LogP contribution in [0.2, 0.25) is 0 Å². The normalized spacial score (nSPS) is 29.6. The van der Waals surface area contributed by atoms with Crippen LogP contribution in [0.3, 0.4) is 0 Å². The molecule has 0 aromatic carbocycles. The predicted molar refractivity (Wildman–Crippen MR) is 151 cm³/mol. The Kier molecular flexibility index (Phi) is 9.54. The Bertz CT molecular complexity index is 914. The van der Waals surface area contributed by atoms with Crippen LogP contribution < -0.4 is 16.0 Å². The summed E-state index contributed by atoms with van der Waals surface area (Å²) in [4.78, 5) is 39.7. The molecule has 3 aliphatic heterocycles. The number of ether oxygens (including phenoxy) is 3. The van der Waals surface area contributed by atoms with Gasteiger partial charge in [0, 0.05) is 53.5 Å². The van der Waals surface area contributed by atoms with Gasteiger partial charge in [0.1, 0.15) is 18.5 Å². The average Bonchev–Trinajstić information content (AvgIpc) is 3.04. The summed E-state index contributed by atoms with van der Waals surface area (Å²) in [6, 6.07) is 0. The quantitative estimate of drug-likeness (QED) is 0.142. The zero-order valence-electron chi connectivity index (χ0n) is 26.2. The van der Waals surface area contributed by atoms with E-state index in [2.05, 4.69) is 16.0 Å². The predicted octanol–water partition coefficient (Wildman–Crippen LogP) is 2.60. The summed E-state index contributed by atoms with van der Waals surface area (Å²) in [5, 5.41) is 21.6. The Morgan fingerprint density at radius 3 is 1.50 bits per heavy atom. The van der Waals surface area contributed by atoms with Gasteiger partial charge in [-0.2, -0.15) is 0 Å². The van der Waals surface area contributed by atoms with Gasteiger partial charge >= 0.3 is 11.9 Å². The molecule has 230 valence electrons. The number of esters is 2. The molecular formula is C30H53N3O7. The summed E-state index contributed by atoms with van der Waals surface area (Å²) in [6.07, 6.45) is 0.205. The molecule has 0 amide bonds. The number of hydrogen-bond donors (Lipinski definition) is 4. The van der Waals surface area contributed by atoms with Gasteiger partial charge < -0.3 is 40.1 Å². The summed E-state index contributed by atoms with van der Waals surface area (Å²) in [6.45, 7) is 20.7. The minimum absolute atomic E-state index is 0.228. The van der Waals surface area contributed by atoms with Crippen molar-refractivity contribution < 1.29 is 33.7 Å². The van der Waals surface area contributed by atoms with Crippen molar-refractivity contribution in [2.45, 2.75) is 154 Å². The first-order valence-corrected chi connectivity index (χ1v) is 14.7. The van der Waals surface area contributed by atoms with Crippen LogP contribution in [0.4, 0.5) is 0 Å². The van der Waals surface area contributed by atoms with E-state index >= 15 is 0 Å². The molecule has 3 rings (SSSR count). The lowest BCUT2D eigenvalue weighted by atomic mass is 9.80. The monoisotopic (exact) mass is 567 g/mol. The van der Waals surface area contributed by atoms with Gasteiger partial charge in [-0.15, -0.1) is 0 Å². The average molecular weight is 568 g/mol. The minimum atomic E-state index is -1.68. The van der Waals surface area contributed by atoms with E-state index in [4.69, 9.17) is 14.2 Å². The number of aliphatic hydroxyl groups excluding tert-OH is 1. The van der Waals surface area contributed by atoms with Crippen LogP contribution >= 0.6 is 0 Å². The molecular weight excluding hydrogens is 514 g/mol. The molecule has 0 aromatic rings. The van der Waals surface area contributed by atoms with Crippen LogP contribution in [-0.4, -0.2) is 82.2 Å². The van der Waals surface area contributed by atoms with Gasteiger partial charge in [-0.3, -0.25) is 9.59 Å². The number of aldehydes is 1. The second-order valence-corrected chi connectivity index (χ2v) is 15.5. The van der Waals surface area contributed by atoms with Crippen molar-refractivity contribution in [2.24, 2.45) is 11.8 Å². The number of nitrogens with one attached hydrogen (secondary N) is 3. The Balaban J connectivity index is 1.82.